The fraction of sp³-hybridized carbons (Fsp3) is 0. The second-order valence-corrected chi connectivity index (χ2v) is 12.8. The molecule has 0 saturated heterocycles. The van der Waals surface area contributed by atoms with Crippen LogP contribution in [0.5, 0.6) is 0 Å². The summed E-state index contributed by atoms with van der Waals surface area (Å²) in [6, 6.07) is 53.8. The molecule has 51 heavy (non-hydrogen) atoms. The van der Waals surface area contributed by atoms with Crippen molar-refractivity contribution in [3.8, 4) is 39.9 Å². The van der Waals surface area contributed by atoms with E-state index >= 15 is 0 Å². The largest absolute Gasteiger partial charge is 0.456 e. The molecule has 0 unspecified atom stereocenters. The Hall–Kier alpha value is -7.05. The molecule has 11 aromatic rings. The van der Waals surface area contributed by atoms with Crippen LogP contribution in [0.25, 0.3) is 106 Å². The fourth-order valence-electron chi connectivity index (χ4n) is 7.53. The highest BCUT2D eigenvalue weighted by Crippen LogP contribution is 2.42. The minimum Gasteiger partial charge on any atom is -0.456 e. The molecule has 11 rings (SSSR count). The van der Waals surface area contributed by atoms with E-state index in [1.165, 1.54) is 10.8 Å². The summed E-state index contributed by atoms with van der Waals surface area (Å²) in [5.41, 5.74) is 9.36. The lowest BCUT2D eigenvalue weighted by atomic mass is 10.1. The highest BCUT2D eigenvalue weighted by atomic mass is 16.3. The van der Waals surface area contributed by atoms with E-state index in [4.69, 9.17) is 23.8 Å². The van der Waals surface area contributed by atoms with Crippen LogP contribution in [0, 0.1) is 0 Å². The first-order valence-corrected chi connectivity index (χ1v) is 16.9. The van der Waals surface area contributed by atoms with Crippen LogP contribution in [0.15, 0.2) is 167 Å². The van der Waals surface area contributed by atoms with E-state index < -0.39 is 0 Å². The number of hydrogen-bond acceptors (Lipinski definition) is 5. The quantitative estimate of drug-likeness (QED) is 0.189. The highest BCUT2D eigenvalue weighted by molar-refractivity contribution is 6.27. The number of para-hydroxylation sites is 2. The summed E-state index contributed by atoms with van der Waals surface area (Å²) < 4.78 is 15.2. The van der Waals surface area contributed by atoms with Gasteiger partial charge < -0.3 is 13.4 Å². The number of hydrogen-bond donors (Lipinski definition) is 0. The summed E-state index contributed by atoms with van der Waals surface area (Å²) in [7, 11) is 0. The van der Waals surface area contributed by atoms with Gasteiger partial charge in [0.15, 0.2) is 17.5 Å². The number of nitrogens with zero attached hydrogens (tertiary/aromatic N) is 4. The molecule has 0 bridgehead atoms. The zero-order chi connectivity index (χ0) is 33.5. The first kappa shape index (κ1) is 27.9. The minimum atomic E-state index is 0.592. The fourth-order valence-corrected chi connectivity index (χ4v) is 7.53. The summed E-state index contributed by atoms with van der Waals surface area (Å²) >= 11 is 0. The zero-order valence-corrected chi connectivity index (χ0v) is 27.1. The smallest absolute Gasteiger partial charge is 0.164 e. The maximum absolute atomic E-state index is 6.62. The van der Waals surface area contributed by atoms with Crippen molar-refractivity contribution >= 4 is 65.7 Å². The molecule has 6 heteroatoms. The molecule has 7 aromatic carbocycles. The van der Waals surface area contributed by atoms with E-state index in [0.29, 0.717) is 17.5 Å². The van der Waals surface area contributed by atoms with Crippen LogP contribution >= 0.6 is 0 Å². The molecular weight excluding hydrogens is 629 g/mol. The molecule has 0 aliphatic heterocycles. The topological polar surface area (TPSA) is 69.9 Å². The number of fused-ring (bicyclic) bond motifs is 10. The molecule has 0 N–H and O–H groups in total. The van der Waals surface area contributed by atoms with Gasteiger partial charge in [-0.1, -0.05) is 103 Å². The van der Waals surface area contributed by atoms with Gasteiger partial charge in [-0.3, -0.25) is 0 Å². The normalized spacial score (nSPS) is 11.9. The number of rotatable bonds is 4. The van der Waals surface area contributed by atoms with Crippen LogP contribution in [-0.2, 0) is 0 Å². The van der Waals surface area contributed by atoms with Gasteiger partial charge in [0.05, 0.1) is 11.0 Å². The Morgan fingerprint density at radius 1 is 0.353 bits per heavy atom. The third-order valence-electron chi connectivity index (χ3n) is 9.85. The molecule has 0 saturated carbocycles. The molecule has 4 heterocycles. The van der Waals surface area contributed by atoms with Gasteiger partial charge in [0.2, 0.25) is 0 Å². The van der Waals surface area contributed by atoms with E-state index in [1.807, 2.05) is 78.9 Å². The van der Waals surface area contributed by atoms with Gasteiger partial charge in [0.1, 0.15) is 22.3 Å². The van der Waals surface area contributed by atoms with Crippen molar-refractivity contribution in [3.63, 3.8) is 0 Å². The monoisotopic (exact) mass is 654 g/mol. The Morgan fingerprint density at radius 3 is 1.69 bits per heavy atom. The second-order valence-electron chi connectivity index (χ2n) is 12.8. The Morgan fingerprint density at radius 2 is 0.941 bits per heavy atom. The van der Waals surface area contributed by atoms with Crippen molar-refractivity contribution in [2.45, 2.75) is 0 Å². The van der Waals surface area contributed by atoms with Crippen molar-refractivity contribution in [1.82, 2.24) is 19.5 Å². The number of furan rings is 2. The molecule has 0 aliphatic rings. The molecule has 0 amide bonds. The van der Waals surface area contributed by atoms with Gasteiger partial charge in [-0.15, -0.1) is 0 Å². The predicted molar refractivity (Wildman–Crippen MR) is 205 cm³/mol. The molecule has 0 atom stereocenters. The molecule has 0 aliphatic carbocycles. The van der Waals surface area contributed by atoms with Crippen molar-refractivity contribution in [2.75, 3.05) is 0 Å². The maximum Gasteiger partial charge on any atom is 0.164 e. The van der Waals surface area contributed by atoms with E-state index in [-0.39, 0.29) is 0 Å². The average molecular weight is 655 g/mol. The first-order valence-electron chi connectivity index (χ1n) is 16.9. The van der Waals surface area contributed by atoms with E-state index in [0.717, 1.165) is 77.3 Å². The highest BCUT2D eigenvalue weighted by Gasteiger charge is 2.20. The second kappa shape index (κ2) is 10.7. The van der Waals surface area contributed by atoms with E-state index in [1.54, 1.807) is 0 Å². The molecule has 0 fully saturated rings. The number of aromatic nitrogens is 4. The Balaban J connectivity index is 1.08. The standard InChI is InChI=1S/C45H26N4O2/c1-3-11-27(12-4-1)43-46-44(28-13-5-2-6-14-28)48-45(47-43)29-19-21-31-32-22-20-30(26-40(32)51-39(31)25-29)49-35-17-9-7-15-33(35)41-36(49)23-24-38-42(41)34-16-8-10-18-37(34)50-38/h1-26H. The molecule has 4 aromatic heterocycles. The Kier molecular flexibility index (Phi) is 5.86. The van der Waals surface area contributed by atoms with Gasteiger partial charge in [0, 0.05) is 60.8 Å². The minimum absolute atomic E-state index is 0.592. The van der Waals surface area contributed by atoms with Gasteiger partial charge in [0.25, 0.3) is 0 Å². The lowest BCUT2D eigenvalue weighted by molar-refractivity contribution is 0.668. The van der Waals surface area contributed by atoms with E-state index in [2.05, 4.69) is 83.4 Å². The van der Waals surface area contributed by atoms with Gasteiger partial charge in [-0.05, 0) is 48.5 Å². The van der Waals surface area contributed by atoms with Crippen LogP contribution in [0.4, 0.5) is 0 Å². The lowest BCUT2D eigenvalue weighted by Gasteiger charge is -2.08. The van der Waals surface area contributed by atoms with E-state index in [9.17, 15) is 0 Å². The average Bonchev–Trinajstić information content (AvgIpc) is 3.87. The van der Waals surface area contributed by atoms with Crippen LogP contribution in [-0.4, -0.2) is 19.5 Å². The maximum atomic E-state index is 6.62. The van der Waals surface area contributed by atoms with Gasteiger partial charge in [-0.25, -0.2) is 15.0 Å². The van der Waals surface area contributed by atoms with Crippen LogP contribution < -0.4 is 0 Å². The number of benzene rings is 7. The summed E-state index contributed by atoms with van der Waals surface area (Å²) in [4.78, 5) is 14.7. The van der Waals surface area contributed by atoms with Gasteiger partial charge in [-0.2, -0.15) is 0 Å². The molecule has 238 valence electrons. The molecular formula is C45H26N4O2. The molecule has 0 radical (unpaired) electrons. The van der Waals surface area contributed by atoms with Crippen LogP contribution in [0.2, 0.25) is 0 Å². The van der Waals surface area contributed by atoms with Crippen molar-refractivity contribution in [2.24, 2.45) is 0 Å². The first-order chi connectivity index (χ1) is 25.3. The Bertz CT molecular complexity index is 3080. The third kappa shape index (κ3) is 4.26. The van der Waals surface area contributed by atoms with Crippen LogP contribution in [0.1, 0.15) is 0 Å². The summed E-state index contributed by atoms with van der Waals surface area (Å²) in [5, 5.41) is 6.71. The summed E-state index contributed by atoms with van der Waals surface area (Å²) in [6.45, 7) is 0. The summed E-state index contributed by atoms with van der Waals surface area (Å²) in [6.07, 6.45) is 0. The Labute approximate surface area is 290 Å². The molecule has 0 spiro atoms. The van der Waals surface area contributed by atoms with Crippen molar-refractivity contribution in [1.29, 1.82) is 0 Å². The zero-order valence-electron chi connectivity index (χ0n) is 27.1. The van der Waals surface area contributed by atoms with Crippen LogP contribution in [0.3, 0.4) is 0 Å². The predicted octanol–water partition coefficient (Wildman–Crippen LogP) is 11.8. The third-order valence-corrected chi connectivity index (χ3v) is 9.85. The molecule has 6 nitrogen and oxygen atoms in total. The summed E-state index contributed by atoms with van der Waals surface area (Å²) in [5.74, 6) is 1.84. The van der Waals surface area contributed by atoms with Gasteiger partial charge >= 0.3 is 0 Å². The van der Waals surface area contributed by atoms with Crippen molar-refractivity contribution < 1.29 is 8.83 Å². The lowest BCUT2D eigenvalue weighted by Crippen LogP contribution is -2.00. The SMILES string of the molecule is c1ccc(-c2nc(-c3ccccc3)nc(-c3ccc4c(c3)oc3cc(-n5c6ccccc6c6c7c(ccc65)oc5ccccc57)ccc34)n2)cc1. The van der Waals surface area contributed by atoms with Crippen molar-refractivity contribution in [3.05, 3.63) is 158 Å².